The molecule has 144 valence electrons. The summed E-state index contributed by atoms with van der Waals surface area (Å²) < 4.78 is 10.9. The van der Waals surface area contributed by atoms with Gasteiger partial charge in [-0.05, 0) is 44.0 Å². The molecule has 0 fully saturated rings. The number of nitrogens with one attached hydrogen (secondary N) is 1. The van der Waals surface area contributed by atoms with Crippen LogP contribution < -0.4 is 14.8 Å². The predicted molar refractivity (Wildman–Crippen MR) is 102 cm³/mol. The van der Waals surface area contributed by atoms with Gasteiger partial charge in [-0.1, -0.05) is 30.3 Å². The van der Waals surface area contributed by atoms with E-state index in [0.29, 0.717) is 17.1 Å². The highest BCUT2D eigenvalue weighted by atomic mass is 16.5. The number of methoxy groups -OCH3 is 1. The topological polar surface area (TPSA) is 84.9 Å². The number of carboxylic acids is 1. The molecule has 1 atom stereocenters. The third-order valence-corrected chi connectivity index (χ3v) is 4.01. The molecule has 2 aromatic rings. The molecule has 2 rings (SSSR count). The zero-order chi connectivity index (χ0) is 19.8. The van der Waals surface area contributed by atoms with E-state index in [9.17, 15) is 14.7 Å². The van der Waals surface area contributed by atoms with Crippen molar-refractivity contribution < 1.29 is 24.2 Å². The first kappa shape index (κ1) is 20.3. The molecule has 0 aliphatic heterocycles. The number of benzene rings is 2. The van der Waals surface area contributed by atoms with E-state index in [4.69, 9.17) is 9.47 Å². The summed E-state index contributed by atoms with van der Waals surface area (Å²) >= 11 is 0. The number of hydrogen-bond donors (Lipinski definition) is 2. The maximum atomic E-state index is 12.5. The van der Waals surface area contributed by atoms with Gasteiger partial charge in [-0.25, -0.2) is 0 Å². The van der Waals surface area contributed by atoms with Crippen molar-refractivity contribution in [2.24, 2.45) is 5.92 Å². The summed E-state index contributed by atoms with van der Waals surface area (Å²) in [6, 6.07) is 14.2. The Morgan fingerprint density at radius 3 is 2.30 bits per heavy atom. The summed E-state index contributed by atoms with van der Waals surface area (Å²) in [5.74, 6) is -1.01. The number of hydrogen-bond acceptors (Lipinski definition) is 4. The lowest BCUT2D eigenvalue weighted by Crippen LogP contribution is -2.34. The first-order valence-electron chi connectivity index (χ1n) is 8.81. The van der Waals surface area contributed by atoms with Crippen molar-refractivity contribution in [3.63, 3.8) is 0 Å². The van der Waals surface area contributed by atoms with Crippen LogP contribution in [0.1, 0.15) is 29.8 Å². The van der Waals surface area contributed by atoms with Crippen molar-refractivity contribution in [1.82, 2.24) is 5.32 Å². The van der Waals surface area contributed by atoms with Crippen LogP contribution in [0.15, 0.2) is 48.5 Å². The molecule has 2 aromatic carbocycles. The summed E-state index contributed by atoms with van der Waals surface area (Å²) in [5, 5.41) is 12.2. The van der Waals surface area contributed by atoms with Crippen molar-refractivity contribution in [2.75, 3.05) is 13.7 Å². The first-order chi connectivity index (χ1) is 12.9. The molecule has 0 aliphatic carbocycles. The van der Waals surface area contributed by atoms with Crippen LogP contribution >= 0.6 is 0 Å². The van der Waals surface area contributed by atoms with Crippen LogP contribution in [0.3, 0.4) is 0 Å². The van der Waals surface area contributed by atoms with Gasteiger partial charge >= 0.3 is 5.97 Å². The quantitative estimate of drug-likeness (QED) is 0.707. The molecule has 0 bridgehead atoms. The van der Waals surface area contributed by atoms with Gasteiger partial charge in [0.2, 0.25) is 0 Å². The predicted octanol–water partition coefficient (Wildman–Crippen LogP) is 3.16. The molecule has 27 heavy (non-hydrogen) atoms. The summed E-state index contributed by atoms with van der Waals surface area (Å²) in [6.45, 7) is 3.76. The fourth-order valence-electron chi connectivity index (χ4n) is 2.71. The largest absolute Gasteiger partial charge is 0.496 e. The van der Waals surface area contributed by atoms with Crippen molar-refractivity contribution >= 4 is 11.9 Å². The van der Waals surface area contributed by atoms with Crippen molar-refractivity contribution in [2.45, 2.75) is 26.4 Å². The number of ether oxygens (including phenoxy) is 2. The molecule has 6 heteroatoms. The van der Waals surface area contributed by atoms with Crippen LogP contribution in [0.5, 0.6) is 11.5 Å². The molecule has 0 saturated carbocycles. The molecule has 1 amide bonds. The fraction of sp³-hybridized carbons (Fsp3) is 0.333. The van der Waals surface area contributed by atoms with Crippen LogP contribution in [0.2, 0.25) is 0 Å². The Bertz CT molecular complexity index is 788. The summed E-state index contributed by atoms with van der Waals surface area (Å²) in [7, 11) is 1.54. The smallest absolute Gasteiger partial charge is 0.308 e. The number of rotatable bonds is 9. The number of aliphatic carboxylic acids is 1. The van der Waals surface area contributed by atoms with Crippen molar-refractivity contribution in [1.29, 1.82) is 0 Å². The molecule has 0 heterocycles. The zero-order valence-electron chi connectivity index (χ0n) is 15.8. The molecule has 2 N–H and O–H groups in total. The van der Waals surface area contributed by atoms with E-state index in [2.05, 4.69) is 5.32 Å². The lowest BCUT2D eigenvalue weighted by Gasteiger charge is -2.17. The Labute approximate surface area is 159 Å². The van der Waals surface area contributed by atoms with Gasteiger partial charge in [-0.3, -0.25) is 9.59 Å². The summed E-state index contributed by atoms with van der Waals surface area (Å²) in [4.78, 5) is 24.2. The van der Waals surface area contributed by atoms with Gasteiger partial charge < -0.3 is 19.9 Å². The highest BCUT2D eigenvalue weighted by molar-refractivity contribution is 5.97. The minimum absolute atomic E-state index is 0.00221. The second kappa shape index (κ2) is 9.62. The maximum absolute atomic E-state index is 12.5. The number of amides is 1. The van der Waals surface area contributed by atoms with Gasteiger partial charge in [0.15, 0.2) is 0 Å². The van der Waals surface area contributed by atoms with E-state index in [1.54, 1.807) is 37.4 Å². The third kappa shape index (κ3) is 5.74. The van der Waals surface area contributed by atoms with Crippen LogP contribution in [0, 0.1) is 5.92 Å². The number of carbonyl (C=O) groups is 2. The van der Waals surface area contributed by atoms with E-state index in [1.165, 1.54) is 0 Å². The highest BCUT2D eigenvalue weighted by Gasteiger charge is 2.22. The maximum Gasteiger partial charge on any atom is 0.308 e. The van der Waals surface area contributed by atoms with Gasteiger partial charge in [-0.15, -0.1) is 0 Å². The fourth-order valence-corrected chi connectivity index (χ4v) is 2.71. The standard InChI is InChI=1S/C21H25NO5/c1-14(2)27-19-11-7-5-9-17(19)20(23)22-13-16(21(24)25)12-15-8-4-6-10-18(15)26-3/h4-11,14,16H,12-13H2,1-3H3,(H,22,23)(H,24,25). The highest BCUT2D eigenvalue weighted by Crippen LogP contribution is 2.22. The van der Waals surface area contributed by atoms with E-state index in [0.717, 1.165) is 5.56 Å². The minimum Gasteiger partial charge on any atom is -0.496 e. The molecule has 0 aromatic heterocycles. The van der Waals surface area contributed by atoms with Gasteiger partial charge in [0, 0.05) is 6.54 Å². The van der Waals surface area contributed by atoms with E-state index in [-0.39, 0.29) is 25.0 Å². The Morgan fingerprint density at radius 2 is 1.67 bits per heavy atom. The van der Waals surface area contributed by atoms with Crippen LogP contribution in [0.4, 0.5) is 0 Å². The average molecular weight is 371 g/mol. The normalized spacial score (nSPS) is 11.7. The lowest BCUT2D eigenvalue weighted by molar-refractivity contribution is -0.141. The third-order valence-electron chi connectivity index (χ3n) is 4.01. The summed E-state index contributed by atoms with van der Waals surface area (Å²) in [5.41, 5.74) is 1.16. The van der Waals surface area contributed by atoms with Gasteiger partial charge in [0.05, 0.1) is 24.7 Å². The molecule has 0 aliphatic rings. The Hall–Kier alpha value is -3.02. The monoisotopic (exact) mass is 371 g/mol. The minimum atomic E-state index is -0.979. The molecule has 1 unspecified atom stereocenters. The van der Waals surface area contributed by atoms with Gasteiger partial charge in [0.1, 0.15) is 11.5 Å². The molecular weight excluding hydrogens is 346 g/mol. The SMILES string of the molecule is COc1ccccc1CC(CNC(=O)c1ccccc1OC(C)C)C(=O)O. The lowest BCUT2D eigenvalue weighted by atomic mass is 9.98. The van der Waals surface area contributed by atoms with E-state index in [1.807, 2.05) is 32.0 Å². The molecule has 0 spiro atoms. The average Bonchev–Trinajstić information content (AvgIpc) is 2.64. The number of para-hydroxylation sites is 2. The van der Waals surface area contributed by atoms with Gasteiger partial charge in [-0.2, -0.15) is 0 Å². The second-order valence-electron chi connectivity index (χ2n) is 6.42. The molecular formula is C21H25NO5. The van der Waals surface area contributed by atoms with Crippen LogP contribution in [-0.2, 0) is 11.2 Å². The van der Waals surface area contributed by atoms with Crippen LogP contribution in [-0.4, -0.2) is 36.7 Å². The van der Waals surface area contributed by atoms with Crippen LogP contribution in [0.25, 0.3) is 0 Å². The Balaban J connectivity index is 2.08. The van der Waals surface area contributed by atoms with E-state index < -0.39 is 11.9 Å². The zero-order valence-corrected chi connectivity index (χ0v) is 15.8. The van der Waals surface area contributed by atoms with Crippen molar-refractivity contribution in [3.8, 4) is 11.5 Å². The van der Waals surface area contributed by atoms with Gasteiger partial charge in [0.25, 0.3) is 5.91 Å². The number of carboxylic acid groups (broad SMARTS) is 1. The van der Waals surface area contributed by atoms with Crippen molar-refractivity contribution in [3.05, 3.63) is 59.7 Å². The first-order valence-corrected chi connectivity index (χ1v) is 8.81. The second-order valence-corrected chi connectivity index (χ2v) is 6.42. The molecule has 0 saturated heterocycles. The Morgan fingerprint density at radius 1 is 1.04 bits per heavy atom. The van der Waals surface area contributed by atoms with E-state index >= 15 is 0 Å². The number of carbonyl (C=O) groups excluding carboxylic acids is 1. The molecule has 0 radical (unpaired) electrons. The summed E-state index contributed by atoms with van der Waals surface area (Å²) in [6.07, 6.45) is 0.181. The Kier molecular flexibility index (Phi) is 7.23. The molecule has 6 nitrogen and oxygen atoms in total.